The van der Waals surface area contributed by atoms with Crippen molar-refractivity contribution in [3.8, 4) is 0 Å². The van der Waals surface area contributed by atoms with E-state index in [1.165, 1.54) is 57.8 Å². The van der Waals surface area contributed by atoms with Gasteiger partial charge in [-0.2, -0.15) is 0 Å². The summed E-state index contributed by atoms with van der Waals surface area (Å²) in [6.07, 6.45) is -6.83. The van der Waals surface area contributed by atoms with Crippen LogP contribution in [0.5, 0.6) is 0 Å². The highest BCUT2D eigenvalue weighted by molar-refractivity contribution is 5.69. The number of hydrogen-bond acceptors (Lipinski definition) is 17. The van der Waals surface area contributed by atoms with Gasteiger partial charge in [0, 0.05) is 6.42 Å². The van der Waals surface area contributed by atoms with Crippen LogP contribution in [0, 0.1) is 0 Å². The highest BCUT2D eigenvalue weighted by Crippen LogP contribution is 2.36. The second-order valence-electron chi connectivity index (χ2n) is 13.9. The largest absolute Gasteiger partial charge is 0.463 e. The molecule has 3 aliphatic rings. The van der Waals surface area contributed by atoms with Crippen molar-refractivity contribution < 1.29 is 84.3 Å². The molecule has 0 aliphatic carbocycles. The van der Waals surface area contributed by atoms with Crippen LogP contribution in [0.25, 0.3) is 0 Å². The number of rotatable bonds is 23. The lowest BCUT2D eigenvalue weighted by molar-refractivity contribution is -0.388. The van der Waals surface area contributed by atoms with Crippen molar-refractivity contribution in [1.29, 1.82) is 0 Å². The van der Waals surface area contributed by atoms with Crippen LogP contribution in [0.2, 0.25) is 0 Å². The zero-order valence-electron chi connectivity index (χ0n) is 29.6. The molecule has 17 nitrogen and oxygen atoms in total. The third kappa shape index (κ3) is 12.4. The number of aliphatic hydroxyl groups is 10. The van der Waals surface area contributed by atoms with E-state index in [9.17, 15) is 55.9 Å². The van der Waals surface area contributed by atoms with Crippen LogP contribution in [-0.2, 0) is 33.2 Å². The molecule has 0 saturated carbocycles. The Morgan fingerprint density at radius 3 is 1.59 bits per heavy atom. The van der Waals surface area contributed by atoms with E-state index in [4.69, 9.17) is 28.4 Å². The van der Waals surface area contributed by atoms with Gasteiger partial charge in [-0.15, -0.1) is 0 Å². The molecule has 0 radical (unpaired) electrons. The predicted octanol–water partition coefficient (Wildman–Crippen LogP) is -1.54. The molecular weight excluding hydrogens is 680 g/mol. The van der Waals surface area contributed by atoms with Crippen molar-refractivity contribution >= 4 is 5.97 Å². The molecule has 0 aromatic heterocycles. The first-order chi connectivity index (χ1) is 24.4. The molecule has 51 heavy (non-hydrogen) atoms. The maximum atomic E-state index is 12.3. The summed E-state index contributed by atoms with van der Waals surface area (Å²) in [6.45, 7) is -0.702. The summed E-state index contributed by atoms with van der Waals surface area (Å²) in [5.74, 6) is -2.90. The normalized spacial score (nSPS) is 38.6. The minimum absolute atomic E-state index is 0.166. The summed E-state index contributed by atoms with van der Waals surface area (Å²) >= 11 is 0. The molecule has 3 fully saturated rings. The van der Waals surface area contributed by atoms with Crippen LogP contribution in [-0.4, -0.2) is 169 Å². The van der Waals surface area contributed by atoms with Gasteiger partial charge in [-0.25, -0.2) is 0 Å². The van der Waals surface area contributed by atoms with E-state index in [0.717, 1.165) is 19.3 Å². The topological polar surface area (TPSA) is 275 Å². The van der Waals surface area contributed by atoms with Gasteiger partial charge in [0.25, 0.3) is 0 Å². The molecule has 3 aliphatic heterocycles. The first-order valence-electron chi connectivity index (χ1n) is 18.5. The predicted molar refractivity (Wildman–Crippen MR) is 175 cm³/mol. The van der Waals surface area contributed by atoms with E-state index in [1.807, 2.05) is 0 Å². The van der Waals surface area contributed by atoms with Gasteiger partial charge in [-0.3, -0.25) is 4.79 Å². The second kappa shape index (κ2) is 22.3. The van der Waals surface area contributed by atoms with E-state index >= 15 is 0 Å². The van der Waals surface area contributed by atoms with Gasteiger partial charge in [0.2, 0.25) is 5.79 Å². The Hall–Kier alpha value is -1.13. The van der Waals surface area contributed by atoms with E-state index in [2.05, 4.69) is 6.92 Å². The highest BCUT2D eigenvalue weighted by atomic mass is 16.8. The summed E-state index contributed by atoms with van der Waals surface area (Å²) in [5, 5.41) is 103. The monoisotopic (exact) mass is 742 g/mol. The van der Waals surface area contributed by atoms with E-state index in [0.29, 0.717) is 6.42 Å². The third-order valence-electron chi connectivity index (χ3n) is 9.88. The second-order valence-corrected chi connectivity index (χ2v) is 13.9. The molecule has 0 aromatic carbocycles. The Bertz CT molecular complexity index is 977. The first-order valence-corrected chi connectivity index (χ1v) is 18.5. The molecule has 0 amide bonds. The summed E-state index contributed by atoms with van der Waals surface area (Å²) in [5.41, 5.74) is 0. The molecule has 3 rings (SSSR count). The van der Waals surface area contributed by atoms with Gasteiger partial charge in [-0.1, -0.05) is 84.0 Å². The molecule has 10 N–H and O–H groups in total. The van der Waals surface area contributed by atoms with Gasteiger partial charge in [0.1, 0.15) is 80.4 Å². The lowest BCUT2D eigenvalue weighted by Gasteiger charge is -2.44. The summed E-state index contributed by atoms with van der Waals surface area (Å²) in [4.78, 5) is 12.3. The third-order valence-corrected chi connectivity index (χ3v) is 9.88. The van der Waals surface area contributed by atoms with Crippen LogP contribution in [0.3, 0.4) is 0 Å². The lowest BCUT2D eigenvalue weighted by atomic mass is 9.98. The van der Waals surface area contributed by atoms with Crippen LogP contribution in [0.1, 0.15) is 96.8 Å². The molecule has 300 valence electrons. The van der Waals surface area contributed by atoms with E-state index in [-0.39, 0.29) is 6.42 Å². The van der Waals surface area contributed by atoms with Crippen LogP contribution in [0.4, 0.5) is 0 Å². The fourth-order valence-electron chi connectivity index (χ4n) is 6.53. The van der Waals surface area contributed by atoms with Gasteiger partial charge in [-0.05, 0) is 6.42 Å². The van der Waals surface area contributed by atoms with Gasteiger partial charge < -0.3 is 79.5 Å². The molecule has 0 spiro atoms. The first kappa shape index (κ1) is 44.3. The van der Waals surface area contributed by atoms with E-state index < -0.39 is 118 Å². The number of carbonyl (C=O) groups excluding carboxylic acids is 1. The molecule has 2 unspecified atom stereocenters. The fourth-order valence-corrected chi connectivity index (χ4v) is 6.53. The minimum atomic E-state index is -2.38. The average Bonchev–Trinajstić information content (AvgIpc) is 3.37. The Kier molecular flexibility index (Phi) is 19.4. The van der Waals surface area contributed by atoms with Crippen LogP contribution in [0.15, 0.2) is 0 Å². The van der Waals surface area contributed by atoms with Crippen LogP contribution >= 0.6 is 0 Å². The van der Waals surface area contributed by atoms with Crippen molar-refractivity contribution in [3.63, 3.8) is 0 Å². The number of aliphatic hydroxyl groups excluding tert-OH is 10. The van der Waals surface area contributed by atoms with Crippen molar-refractivity contribution in [2.24, 2.45) is 0 Å². The zero-order chi connectivity index (χ0) is 37.6. The summed E-state index contributed by atoms with van der Waals surface area (Å²) in [7, 11) is 0. The SMILES string of the molecule is CCCCCCCCCCCCCCCC(=O)OC[C@H]1OC(OC[C@H]2OC(O[C@]3(CO)O[C@H](CO)[C@@H](O)[C@@H]3O)[C@H](O)[C@@H](O)[C@@H]2O)[C@H](O)[C@@H](O)[C@H]1O. The lowest BCUT2D eigenvalue weighted by Crippen LogP contribution is -2.63. The van der Waals surface area contributed by atoms with Crippen molar-refractivity contribution in [3.05, 3.63) is 0 Å². The molecule has 14 atom stereocenters. The highest BCUT2D eigenvalue weighted by Gasteiger charge is 2.58. The van der Waals surface area contributed by atoms with E-state index in [1.54, 1.807) is 0 Å². The zero-order valence-corrected chi connectivity index (χ0v) is 29.6. The smallest absolute Gasteiger partial charge is 0.305 e. The van der Waals surface area contributed by atoms with Crippen LogP contribution < -0.4 is 0 Å². The number of esters is 1. The standard InChI is InChI=1S/C34H62O17/c1-2-3-4-5-6-7-8-9-10-11-12-13-14-15-23(37)46-17-21-24(38)27(41)29(43)32(48-21)47-18-22-25(39)28(42)30(44)33(49-22)51-34(19-36)31(45)26(40)20(16-35)50-34/h20-22,24-33,35-36,38-45H,2-19H2,1H3/t20-,21-,22-,24+,25-,26-,27+,28+,29-,30-,31+,32?,33?,34+/m1/s1. The quantitative estimate of drug-likeness (QED) is 0.0420. The molecular formula is C34H62O17. The Morgan fingerprint density at radius 2 is 1.08 bits per heavy atom. The average molecular weight is 743 g/mol. The minimum Gasteiger partial charge on any atom is -0.463 e. The number of hydrogen-bond donors (Lipinski definition) is 10. The maximum Gasteiger partial charge on any atom is 0.305 e. The Labute approximate surface area is 299 Å². The number of unbranched alkanes of at least 4 members (excludes halogenated alkanes) is 12. The summed E-state index contributed by atoms with van der Waals surface area (Å²) < 4.78 is 32.6. The number of ether oxygens (including phenoxy) is 6. The summed E-state index contributed by atoms with van der Waals surface area (Å²) in [6, 6.07) is 0. The Balaban J connectivity index is 1.41. The molecule has 3 saturated heterocycles. The number of carbonyl (C=O) groups is 1. The van der Waals surface area contributed by atoms with Crippen molar-refractivity contribution in [2.75, 3.05) is 26.4 Å². The molecule has 3 heterocycles. The molecule has 0 bridgehead atoms. The van der Waals surface area contributed by atoms with Crippen molar-refractivity contribution in [1.82, 2.24) is 0 Å². The van der Waals surface area contributed by atoms with Gasteiger partial charge in [0.15, 0.2) is 12.6 Å². The maximum absolute atomic E-state index is 12.3. The van der Waals surface area contributed by atoms with Crippen molar-refractivity contribution in [2.45, 2.75) is 182 Å². The molecule has 17 heteroatoms. The fraction of sp³-hybridized carbons (Fsp3) is 0.971. The van der Waals surface area contributed by atoms with Gasteiger partial charge in [0.05, 0.1) is 13.2 Å². The molecule has 0 aromatic rings. The Morgan fingerprint density at radius 1 is 0.588 bits per heavy atom. The van der Waals surface area contributed by atoms with Gasteiger partial charge >= 0.3 is 5.97 Å².